The van der Waals surface area contributed by atoms with E-state index in [2.05, 4.69) is 20.9 Å². The molecule has 9 nitrogen and oxygen atoms in total. The Morgan fingerprint density at radius 3 is 2.16 bits per heavy atom. The van der Waals surface area contributed by atoms with Crippen molar-refractivity contribution in [2.24, 2.45) is 7.05 Å². The van der Waals surface area contributed by atoms with E-state index in [9.17, 15) is 14.7 Å². The molecule has 222 valence electrons. The summed E-state index contributed by atoms with van der Waals surface area (Å²) in [6.07, 6.45) is 4.49. The summed E-state index contributed by atoms with van der Waals surface area (Å²) >= 11 is 0. The Hall–Kier alpha value is -5.41. The second-order valence-electron chi connectivity index (χ2n) is 11.0. The lowest BCUT2D eigenvalue weighted by Crippen LogP contribution is -2.35. The summed E-state index contributed by atoms with van der Waals surface area (Å²) in [7, 11) is 1.97. The Bertz CT molecular complexity index is 1820. The largest absolute Gasteiger partial charge is 0.393 e. The highest BCUT2D eigenvalue weighted by molar-refractivity contribution is 6.07. The number of aromatic nitrogens is 1. The molecule has 5 aromatic rings. The first-order valence-corrected chi connectivity index (χ1v) is 14.6. The fourth-order valence-corrected chi connectivity index (χ4v) is 5.44. The molecule has 1 aliphatic heterocycles. The highest BCUT2D eigenvalue weighted by Gasteiger charge is 2.17. The number of piperidine rings is 1. The molecule has 2 amide bonds. The number of hydrogen-bond acceptors (Lipinski definition) is 6. The van der Waals surface area contributed by atoms with Crippen molar-refractivity contribution in [2.45, 2.75) is 18.9 Å². The first-order valence-electron chi connectivity index (χ1n) is 14.6. The van der Waals surface area contributed by atoms with Gasteiger partial charge < -0.3 is 35.9 Å². The summed E-state index contributed by atoms with van der Waals surface area (Å²) in [6.45, 7) is 1.61. The van der Waals surface area contributed by atoms with Gasteiger partial charge in [0.2, 0.25) is 0 Å². The molecule has 1 aromatic heterocycles. The van der Waals surface area contributed by atoms with E-state index in [0.717, 1.165) is 48.2 Å². The molecule has 0 saturated carbocycles. The zero-order valence-electron chi connectivity index (χ0n) is 24.4. The van der Waals surface area contributed by atoms with Gasteiger partial charge in [-0.2, -0.15) is 0 Å². The predicted molar refractivity (Wildman–Crippen MR) is 177 cm³/mol. The number of aliphatic hydroxyl groups is 1. The topological polar surface area (TPSA) is 122 Å². The first kappa shape index (κ1) is 28.7. The highest BCUT2D eigenvalue weighted by atomic mass is 16.3. The van der Waals surface area contributed by atoms with E-state index in [4.69, 9.17) is 5.41 Å². The van der Waals surface area contributed by atoms with Gasteiger partial charge in [0.25, 0.3) is 11.8 Å². The SMILES string of the molecule is Cn1ccc2cc(C(=O)Nc3ccc(Nc4ccc(NC(=O)c5ccc(N6CCC(O)CC6)cc5)cc4)c(C=N)c3)ccc21. The number of anilines is 5. The molecular weight excluding hydrogens is 552 g/mol. The normalized spacial score (nSPS) is 13.5. The van der Waals surface area contributed by atoms with Gasteiger partial charge in [0, 0.05) is 88.6 Å². The number of amides is 2. The van der Waals surface area contributed by atoms with Crippen LogP contribution in [0, 0.1) is 5.41 Å². The van der Waals surface area contributed by atoms with Crippen molar-refractivity contribution in [3.8, 4) is 0 Å². The molecule has 4 aromatic carbocycles. The molecule has 1 aliphatic rings. The number of aryl methyl sites for hydroxylation is 1. The second-order valence-corrected chi connectivity index (χ2v) is 11.0. The van der Waals surface area contributed by atoms with Gasteiger partial charge in [0.15, 0.2) is 0 Å². The Morgan fingerprint density at radius 2 is 1.43 bits per heavy atom. The minimum atomic E-state index is -0.224. The smallest absolute Gasteiger partial charge is 0.255 e. The Morgan fingerprint density at radius 1 is 0.795 bits per heavy atom. The number of fused-ring (bicyclic) bond motifs is 1. The number of carbonyl (C=O) groups is 2. The number of carbonyl (C=O) groups excluding carboxylic acids is 2. The van der Waals surface area contributed by atoms with Crippen molar-refractivity contribution in [1.29, 1.82) is 5.41 Å². The molecule has 0 bridgehead atoms. The number of nitrogens with one attached hydrogen (secondary N) is 4. The molecule has 0 spiro atoms. The Labute approximate surface area is 255 Å². The zero-order valence-corrected chi connectivity index (χ0v) is 24.4. The van der Waals surface area contributed by atoms with E-state index >= 15 is 0 Å². The van der Waals surface area contributed by atoms with Crippen LogP contribution in [-0.2, 0) is 7.05 Å². The minimum Gasteiger partial charge on any atom is -0.393 e. The Balaban J connectivity index is 1.06. The summed E-state index contributed by atoms with van der Waals surface area (Å²) in [5.41, 5.74) is 6.60. The lowest BCUT2D eigenvalue weighted by atomic mass is 10.1. The monoisotopic (exact) mass is 586 g/mol. The maximum Gasteiger partial charge on any atom is 0.255 e. The van der Waals surface area contributed by atoms with Crippen LogP contribution in [0.3, 0.4) is 0 Å². The summed E-state index contributed by atoms with van der Waals surface area (Å²) in [4.78, 5) is 28.0. The summed E-state index contributed by atoms with van der Waals surface area (Å²) < 4.78 is 2.01. The van der Waals surface area contributed by atoms with Crippen LogP contribution >= 0.6 is 0 Å². The fourth-order valence-electron chi connectivity index (χ4n) is 5.44. The first-order chi connectivity index (χ1) is 21.4. The van der Waals surface area contributed by atoms with Crippen LogP contribution in [0.2, 0.25) is 0 Å². The van der Waals surface area contributed by atoms with Crippen molar-refractivity contribution < 1.29 is 14.7 Å². The highest BCUT2D eigenvalue weighted by Crippen LogP contribution is 2.26. The third-order valence-corrected chi connectivity index (χ3v) is 7.99. The van der Waals surface area contributed by atoms with Crippen molar-refractivity contribution in [3.05, 3.63) is 114 Å². The van der Waals surface area contributed by atoms with Crippen LogP contribution in [0.4, 0.5) is 28.4 Å². The molecule has 1 fully saturated rings. The molecule has 6 rings (SSSR count). The molecule has 0 unspecified atom stereocenters. The third-order valence-electron chi connectivity index (χ3n) is 7.99. The van der Waals surface area contributed by atoms with Gasteiger partial charge in [-0.15, -0.1) is 0 Å². The molecule has 44 heavy (non-hydrogen) atoms. The van der Waals surface area contributed by atoms with Crippen LogP contribution in [0.15, 0.2) is 97.2 Å². The van der Waals surface area contributed by atoms with Crippen LogP contribution in [0.1, 0.15) is 39.1 Å². The average molecular weight is 587 g/mol. The van der Waals surface area contributed by atoms with Crippen molar-refractivity contribution in [1.82, 2.24) is 4.57 Å². The summed E-state index contributed by atoms with van der Waals surface area (Å²) in [6, 6.07) is 27.8. The van der Waals surface area contributed by atoms with Crippen molar-refractivity contribution in [2.75, 3.05) is 33.9 Å². The lowest BCUT2D eigenvalue weighted by molar-refractivity contribution is 0.101. The molecule has 2 heterocycles. The van der Waals surface area contributed by atoms with E-state index in [-0.39, 0.29) is 17.9 Å². The fraction of sp³-hybridized carbons (Fsp3) is 0.171. The van der Waals surface area contributed by atoms with Crippen LogP contribution in [0.5, 0.6) is 0 Å². The Kier molecular flexibility index (Phi) is 8.12. The molecule has 0 radical (unpaired) electrons. The molecule has 5 N–H and O–H groups in total. The number of benzene rings is 4. The molecular formula is C35H34N6O3. The van der Waals surface area contributed by atoms with Crippen molar-refractivity contribution >= 4 is 57.4 Å². The number of rotatable bonds is 8. The maximum atomic E-state index is 12.9. The zero-order chi connectivity index (χ0) is 30.6. The third kappa shape index (κ3) is 6.33. The van der Waals surface area contributed by atoms with E-state index in [1.54, 1.807) is 18.2 Å². The summed E-state index contributed by atoms with van der Waals surface area (Å²) in [5, 5.41) is 27.8. The number of aliphatic hydroxyl groups excluding tert-OH is 1. The minimum absolute atomic E-state index is 0.196. The summed E-state index contributed by atoms with van der Waals surface area (Å²) in [5.74, 6) is -0.414. The van der Waals surface area contributed by atoms with E-state index < -0.39 is 0 Å². The van der Waals surface area contributed by atoms with Gasteiger partial charge in [0.05, 0.1) is 6.10 Å². The number of hydrogen-bond donors (Lipinski definition) is 5. The lowest BCUT2D eigenvalue weighted by Gasteiger charge is -2.31. The van der Waals surface area contributed by atoms with Crippen molar-refractivity contribution in [3.63, 3.8) is 0 Å². The second kappa shape index (κ2) is 12.4. The van der Waals surface area contributed by atoms with Gasteiger partial charge in [-0.25, -0.2) is 0 Å². The molecule has 1 saturated heterocycles. The molecule has 9 heteroatoms. The van der Waals surface area contributed by atoms with E-state index in [1.165, 1.54) is 6.21 Å². The van der Waals surface area contributed by atoms with Crippen LogP contribution in [-0.4, -0.2) is 46.9 Å². The molecule has 0 atom stereocenters. The standard InChI is InChI=1S/C35H34N6O3/c1-40-17-14-24-20-25(4-13-33(24)40)35(44)39-29-9-12-32(26(21-29)22-36)37-27-5-7-28(8-6-27)38-34(43)23-2-10-30(11-3-23)41-18-15-31(42)16-19-41/h2-14,17,20-22,31,36-37,42H,15-16,18-19H2,1H3,(H,38,43)(H,39,44). The van der Waals surface area contributed by atoms with Gasteiger partial charge in [0.1, 0.15) is 0 Å². The molecule has 0 aliphatic carbocycles. The average Bonchev–Trinajstić information content (AvgIpc) is 3.42. The predicted octanol–water partition coefficient (Wildman–Crippen LogP) is 6.39. The van der Waals surface area contributed by atoms with E-state index in [1.807, 2.05) is 90.6 Å². The van der Waals surface area contributed by atoms with Gasteiger partial charge in [-0.1, -0.05) is 0 Å². The van der Waals surface area contributed by atoms with Gasteiger partial charge in [-0.05, 0) is 104 Å². The quantitative estimate of drug-likeness (QED) is 0.135. The number of nitrogens with zero attached hydrogens (tertiary/aromatic N) is 2. The van der Waals surface area contributed by atoms with Crippen LogP contribution < -0.4 is 20.9 Å². The van der Waals surface area contributed by atoms with Crippen LogP contribution in [0.25, 0.3) is 10.9 Å². The van der Waals surface area contributed by atoms with Gasteiger partial charge >= 0.3 is 0 Å². The van der Waals surface area contributed by atoms with Gasteiger partial charge in [-0.3, -0.25) is 9.59 Å². The van der Waals surface area contributed by atoms with E-state index in [0.29, 0.717) is 33.8 Å². The maximum absolute atomic E-state index is 12.9.